The Kier molecular flexibility index (Phi) is 3.06. The highest BCUT2D eigenvalue weighted by Gasteiger charge is 2.13. The Morgan fingerprint density at radius 1 is 1.21 bits per heavy atom. The van der Waals surface area contributed by atoms with Crippen molar-refractivity contribution >= 4 is 5.78 Å². The molecule has 1 aromatic rings. The maximum absolute atomic E-state index is 13.4. The zero-order chi connectivity index (χ0) is 10.7. The number of hydrogen-bond donors (Lipinski definition) is 0. The summed E-state index contributed by atoms with van der Waals surface area (Å²) in [5, 5.41) is 0. The molecule has 1 aromatic carbocycles. The van der Waals surface area contributed by atoms with E-state index >= 15 is 0 Å². The first-order chi connectivity index (χ1) is 6.60. The Labute approximate surface area is 81.4 Å². The van der Waals surface area contributed by atoms with Gasteiger partial charge in [-0.2, -0.15) is 4.39 Å². The van der Waals surface area contributed by atoms with Gasteiger partial charge in [0.25, 0.3) is 0 Å². The second kappa shape index (κ2) is 4.09. The molecule has 14 heavy (non-hydrogen) atoms. The van der Waals surface area contributed by atoms with Crippen LogP contribution < -0.4 is 9.47 Å². The van der Waals surface area contributed by atoms with Crippen molar-refractivity contribution in [3.8, 4) is 11.5 Å². The summed E-state index contributed by atoms with van der Waals surface area (Å²) in [5.41, 5.74) is 0.361. The molecule has 0 radical (unpaired) electrons. The third-order valence-corrected chi connectivity index (χ3v) is 1.85. The molecule has 0 aliphatic heterocycles. The minimum atomic E-state index is -0.597. The molecule has 0 aliphatic rings. The number of halogens is 1. The van der Waals surface area contributed by atoms with Crippen LogP contribution in [0.25, 0.3) is 0 Å². The Morgan fingerprint density at radius 2 is 1.64 bits per heavy atom. The summed E-state index contributed by atoms with van der Waals surface area (Å²) in [6, 6.07) is 2.69. The Morgan fingerprint density at radius 3 is 1.93 bits per heavy atom. The Bertz CT molecular complexity index is 335. The van der Waals surface area contributed by atoms with Crippen LogP contribution in [-0.4, -0.2) is 20.0 Å². The van der Waals surface area contributed by atoms with Crippen LogP contribution in [0.3, 0.4) is 0 Å². The monoisotopic (exact) mass is 198 g/mol. The van der Waals surface area contributed by atoms with Gasteiger partial charge in [0, 0.05) is 5.56 Å². The Balaban J connectivity index is 3.32. The SMILES string of the molecule is COc1cc(C(C)=O)cc(OC)c1F. The van der Waals surface area contributed by atoms with Gasteiger partial charge >= 0.3 is 0 Å². The lowest BCUT2D eigenvalue weighted by Gasteiger charge is -2.08. The van der Waals surface area contributed by atoms with E-state index in [1.165, 1.54) is 33.3 Å². The molecule has 4 heteroatoms. The van der Waals surface area contributed by atoms with Crippen LogP contribution in [0.15, 0.2) is 12.1 Å². The number of benzene rings is 1. The van der Waals surface area contributed by atoms with Crippen LogP contribution >= 0.6 is 0 Å². The van der Waals surface area contributed by atoms with Crippen molar-refractivity contribution in [1.82, 2.24) is 0 Å². The van der Waals surface area contributed by atoms with Gasteiger partial charge in [-0.3, -0.25) is 4.79 Å². The van der Waals surface area contributed by atoms with Crippen LogP contribution in [0.5, 0.6) is 11.5 Å². The molecule has 0 aliphatic carbocycles. The highest BCUT2D eigenvalue weighted by atomic mass is 19.1. The average Bonchev–Trinajstić information content (AvgIpc) is 2.17. The smallest absolute Gasteiger partial charge is 0.206 e. The third-order valence-electron chi connectivity index (χ3n) is 1.85. The predicted octanol–water partition coefficient (Wildman–Crippen LogP) is 2.05. The molecule has 0 fully saturated rings. The minimum Gasteiger partial charge on any atom is -0.494 e. The highest BCUT2D eigenvalue weighted by molar-refractivity contribution is 5.94. The van der Waals surface area contributed by atoms with E-state index in [0.29, 0.717) is 5.56 Å². The quantitative estimate of drug-likeness (QED) is 0.697. The van der Waals surface area contributed by atoms with Gasteiger partial charge in [0.15, 0.2) is 17.3 Å². The first kappa shape index (κ1) is 10.5. The van der Waals surface area contributed by atoms with Crippen LogP contribution in [0, 0.1) is 5.82 Å². The summed E-state index contributed by atoms with van der Waals surface area (Å²) in [6.45, 7) is 1.39. The summed E-state index contributed by atoms with van der Waals surface area (Å²) in [7, 11) is 2.67. The van der Waals surface area contributed by atoms with E-state index in [4.69, 9.17) is 9.47 Å². The molecule has 1 rings (SSSR count). The molecule has 0 saturated carbocycles. The number of carbonyl (C=O) groups excluding carboxylic acids is 1. The first-order valence-corrected chi connectivity index (χ1v) is 4.02. The normalized spacial score (nSPS) is 9.71. The molecular formula is C10H11FO3. The van der Waals surface area contributed by atoms with Crippen molar-refractivity contribution in [3.05, 3.63) is 23.5 Å². The van der Waals surface area contributed by atoms with Crippen molar-refractivity contribution in [3.63, 3.8) is 0 Å². The van der Waals surface area contributed by atoms with Crippen LogP contribution in [0.4, 0.5) is 4.39 Å². The number of carbonyl (C=O) groups is 1. The van der Waals surface area contributed by atoms with E-state index < -0.39 is 5.82 Å². The van der Waals surface area contributed by atoms with Crippen molar-refractivity contribution < 1.29 is 18.7 Å². The highest BCUT2D eigenvalue weighted by Crippen LogP contribution is 2.28. The van der Waals surface area contributed by atoms with Gasteiger partial charge in [-0.05, 0) is 19.1 Å². The van der Waals surface area contributed by atoms with Crippen LogP contribution in [0.2, 0.25) is 0 Å². The minimum absolute atomic E-state index is 0.00884. The van der Waals surface area contributed by atoms with E-state index in [-0.39, 0.29) is 17.3 Å². The summed E-state index contributed by atoms with van der Waals surface area (Å²) in [5.74, 6) is -0.745. The maximum atomic E-state index is 13.4. The molecule has 0 aromatic heterocycles. The van der Waals surface area contributed by atoms with E-state index in [1.54, 1.807) is 0 Å². The summed E-state index contributed by atoms with van der Waals surface area (Å²) in [6.07, 6.45) is 0. The fraction of sp³-hybridized carbons (Fsp3) is 0.300. The van der Waals surface area contributed by atoms with Gasteiger partial charge in [-0.25, -0.2) is 0 Å². The molecule has 0 N–H and O–H groups in total. The Hall–Kier alpha value is -1.58. The summed E-state index contributed by atoms with van der Waals surface area (Å²) >= 11 is 0. The number of rotatable bonds is 3. The lowest BCUT2D eigenvalue weighted by molar-refractivity contribution is 0.101. The maximum Gasteiger partial charge on any atom is 0.206 e. The topological polar surface area (TPSA) is 35.5 Å². The second-order valence-corrected chi connectivity index (χ2v) is 2.75. The summed E-state index contributed by atoms with van der Waals surface area (Å²) in [4.78, 5) is 11.1. The fourth-order valence-electron chi connectivity index (χ4n) is 1.07. The zero-order valence-corrected chi connectivity index (χ0v) is 8.26. The molecule has 0 saturated heterocycles. The van der Waals surface area contributed by atoms with Gasteiger partial charge in [0.2, 0.25) is 5.82 Å². The second-order valence-electron chi connectivity index (χ2n) is 2.75. The van der Waals surface area contributed by atoms with E-state index in [9.17, 15) is 9.18 Å². The fourth-order valence-corrected chi connectivity index (χ4v) is 1.07. The molecule has 0 atom stereocenters. The van der Waals surface area contributed by atoms with E-state index in [1.807, 2.05) is 0 Å². The molecule has 3 nitrogen and oxygen atoms in total. The van der Waals surface area contributed by atoms with Crippen LogP contribution in [-0.2, 0) is 0 Å². The van der Waals surface area contributed by atoms with E-state index in [2.05, 4.69) is 0 Å². The summed E-state index contributed by atoms with van der Waals surface area (Å²) < 4.78 is 22.9. The third kappa shape index (κ3) is 1.84. The molecule has 0 amide bonds. The van der Waals surface area contributed by atoms with Crippen LogP contribution in [0.1, 0.15) is 17.3 Å². The zero-order valence-electron chi connectivity index (χ0n) is 8.26. The van der Waals surface area contributed by atoms with Crippen molar-refractivity contribution in [2.24, 2.45) is 0 Å². The van der Waals surface area contributed by atoms with Crippen molar-refractivity contribution in [2.75, 3.05) is 14.2 Å². The number of hydrogen-bond acceptors (Lipinski definition) is 3. The molecule has 0 bridgehead atoms. The van der Waals surface area contributed by atoms with E-state index in [0.717, 1.165) is 0 Å². The number of ether oxygens (including phenoxy) is 2. The lowest BCUT2D eigenvalue weighted by atomic mass is 10.1. The lowest BCUT2D eigenvalue weighted by Crippen LogP contribution is -1.99. The predicted molar refractivity (Wildman–Crippen MR) is 49.5 cm³/mol. The standard InChI is InChI=1S/C10H11FO3/c1-6(12)7-4-8(13-2)10(11)9(5-7)14-3/h4-5H,1-3H3. The van der Waals surface area contributed by atoms with Crippen molar-refractivity contribution in [1.29, 1.82) is 0 Å². The number of ketones is 1. The largest absolute Gasteiger partial charge is 0.494 e. The van der Waals surface area contributed by atoms with Gasteiger partial charge < -0.3 is 9.47 Å². The average molecular weight is 198 g/mol. The first-order valence-electron chi connectivity index (χ1n) is 4.02. The molecule has 0 spiro atoms. The van der Waals surface area contributed by atoms with Gasteiger partial charge in [-0.15, -0.1) is 0 Å². The van der Waals surface area contributed by atoms with Gasteiger partial charge in [-0.1, -0.05) is 0 Å². The number of methoxy groups -OCH3 is 2. The number of Topliss-reactive ketones (excluding diaryl/α,β-unsaturated/α-hetero) is 1. The molecule has 0 unspecified atom stereocenters. The molecule has 0 heterocycles. The van der Waals surface area contributed by atoms with Gasteiger partial charge in [0.05, 0.1) is 14.2 Å². The molecular weight excluding hydrogens is 187 g/mol. The molecule has 76 valence electrons. The van der Waals surface area contributed by atoms with Gasteiger partial charge in [0.1, 0.15) is 0 Å². The van der Waals surface area contributed by atoms with Crippen molar-refractivity contribution in [2.45, 2.75) is 6.92 Å².